The Bertz CT molecular complexity index is 608. The second-order valence-corrected chi connectivity index (χ2v) is 8.87. The van der Waals surface area contributed by atoms with Crippen LogP contribution in [0.15, 0.2) is 10.7 Å². The molecular weight excluding hydrogens is 340 g/mol. The van der Waals surface area contributed by atoms with Gasteiger partial charge >= 0.3 is 0 Å². The normalized spacial score (nSPS) is 26.1. The van der Waals surface area contributed by atoms with E-state index in [1.165, 1.54) is 0 Å². The van der Waals surface area contributed by atoms with Crippen molar-refractivity contribution in [3.8, 4) is 0 Å². The Morgan fingerprint density at radius 2 is 2.24 bits per heavy atom. The smallest absolute Gasteiger partial charge is 0.259 e. The molecule has 1 aromatic rings. The van der Waals surface area contributed by atoms with Crippen LogP contribution in [0.3, 0.4) is 0 Å². The number of carbonyl (C=O) groups is 1. The molecule has 1 atom stereocenters. The predicted octanol–water partition coefficient (Wildman–Crippen LogP) is 2.38. The maximum atomic E-state index is 12.6. The zero-order chi connectivity index (χ0) is 17.3. The third kappa shape index (κ3) is 3.59. The minimum atomic E-state index is 0.0518. The SMILES string of the molecule is CCc1oncc1C(=O)N1CC2(C[C@@H](OCC3CCOCC3)CS2)C1. The average Bonchev–Trinajstić information content (AvgIpc) is 3.26. The summed E-state index contributed by atoms with van der Waals surface area (Å²) < 4.78 is 16.9. The van der Waals surface area contributed by atoms with Gasteiger partial charge in [0.2, 0.25) is 0 Å². The van der Waals surface area contributed by atoms with Gasteiger partial charge in [-0.3, -0.25) is 4.79 Å². The molecule has 0 unspecified atom stereocenters. The van der Waals surface area contributed by atoms with Crippen LogP contribution in [0.2, 0.25) is 0 Å². The van der Waals surface area contributed by atoms with Crippen LogP contribution in [0.25, 0.3) is 0 Å². The maximum absolute atomic E-state index is 12.6. The number of hydrogen-bond acceptors (Lipinski definition) is 6. The summed E-state index contributed by atoms with van der Waals surface area (Å²) in [6.07, 6.45) is 5.85. The quantitative estimate of drug-likeness (QED) is 0.797. The first-order valence-corrected chi connectivity index (χ1v) is 10.2. The van der Waals surface area contributed by atoms with E-state index in [0.29, 0.717) is 29.8 Å². The van der Waals surface area contributed by atoms with Crippen molar-refractivity contribution in [2.75, 3.05) is 38.7 Å². The first kappa shape index (κ1) is 17.4. The van der Waals surface area contributed by atoms with Gasteiger partial charge in [0.15, 0.2) is 0 Å². The lowest BCUT2D eigenvalue weighted by atomic mass is 9.92. The van der Waals surface area contributed by atoms with Crippen molar-refractivity contribution in [3.05, 3.63) is 17.5 Å². The van der Waals surface area contributed by atoms with E-state index in [9.17, 15) is 4.79 Å². The molecule has 0 saturated carbocycles. The lowest BCUT2D eigenvalue weighted by Gasteiger charge is -2.47. The van der Waals surface area contributed by atoms with Crippen molar-refractivity contribution >= 4 is 17.7 Å². The van der Waals surface area contributed by atoms with Crippen LogP contribution in [0, 0.1) is 5.92 Å². The van der Waals surface area contributed by atoms with Crippen LogP contribution in [0.4, 0.5) is 0 Å². The number of rotatable bonds is 5. The summed E-state index contributed by atoms with van der Waals surface area (Å²) in [6, 6.07) is 0. The zero-order valence-electron chi connectivity index (χ0n) is 14.7. The molecule has 3 aliphatic heterocycles. The number of nitrogens with zero attached hydrogens (tertiary/aromatic N) is 2. The molecule has 1 aromatic heterocycles. The molecule has 4 heterocycles. The van der Waals surface area contributed by atoms with Crippen LogP contribution in [0.1, 0.15) is 42.3 Å². The molecule has 1 amide bonds. The maximum Gasteiger partial charge on any atom is 0.259 e. The van der Waals surface area contributed by atoms with Gasteiger partial charge in [0.25, 0.3) is 5.91 Å². The fourth-order valence-corrected chi connectivity index (χ4v) is 5.52. The Morgan fingerprint density at radius 3 is 3.00 bits per heavy atom. The number of ether oxygens (including phenoxy) is 2. The van der Waals surface area contributed by atoms with E-state index < -0.39 is 0 Å². The summed E-state index contributed by atoms with van der Waals surface area (Å²) in [7, 11) is 0. The lowest BCUT2D eigenvalue weighted by Crippen LogP contribution is -2.60. The van der Waals surface area contributed by atoms with Gasteiger partial charge in [-0.05, 0) is 25.2 Å². The van der Waals surface area contributed by atoms with Gasteiger partial charge in [-0.1, -0.05) is 12.1 Å². The first-order chi connectivity index (χ1) is 12.2. The summed E-state index contributed by atoms with van der Waals surface area (Å²) in [6.45, 7) is 6.19. The third-order valence-electron chi connectivity index (χ3n) is 5.53. The summed E-state index contributed by atoms with van der Waals surface area (Å²) in [5.74, 6) is 2.42. The lowest BCUT2D eigenvalue weighted by molar-refractivity contribution is -0.0118. The summed E-state index contributed by atoms with van der Waals surface area (Å²) >= 11 is 1.97. The van der Waals surface area contributed by atoms with Crippen molar-refractivity contribution in [1.29, 1.82) is 0 Å². The molecule has 7 heteroatoms. The Kier molecular flexibility index (Phi) is 5.06. The molecule has 6 nitrogen and oxygen atoms in total. The standard InChI is InChI=1S/C18H26N2O4S/c1-2-16-15(8-19-24-16)17(21)20-11-18(12-20)7-14(10-25-18)23-9-13-3-5-22-6-4-13/h8,13-14H,2-7,9-12H2,1H3/t14-/m1/s1. The summed E-state index contributed by atoms with van der Waals surface area (Å²) in [5, 5.41) is 3.77. The van der Waals surface area contributed by atoms with E-state index in [1.807, 2.05) is 23.6 Å². The number of amides is 1. The van der Waals surface area contributed by atoms with Crippen molar-refractivity contribution in [2.24, 2.45) is 5.92 Å². The highest BCUT2D eigenvalue weighted by Crippen LogP contribution is 2.46. The van der Waals surface area contributed by atoms with Crippen LogP contribution in [-0.2, 0) is 15.9 Å². The molecule has 4 rings (SSSR count). The molecule has 0 bridgehead atoms. The number of hydrogen-bond donors (Lipinski definition) is 0. The third-order valence-corrected chi connectivity index (χ3v) is 7.10. The van der Waals surface area contributed by atoms with E-state index in [2.05, 4.69) is 5.16 Å². The molecule has 3 saturated heterocycles. The van der Waals surface area contributed by atoms with E-state index in [4.69, 9.17) is 14.0 Å². The van der Waals surface area contributed by atoms with Crippen LogP contribution < -0.4 is 0 Å². The van der Waals surface area contributed by atoms with Crippen LogP contribution in [0.5, 0.6) is 0 Å². The summed E-state index contributed by atoms with van der Waals surface area (Å²) in [4.78, 5) is 14.5. The average molecular weight is 366 g/mol. The highest BCUT2D eigenvalue weighted by Gasteiger charge is 2.51. The molecule has 0 aromatic carbocycles. The number of likely N-dealkylation sites (tertiary alicyclic amines) is 1. The second-order valence-electron chi connectivity index (χ2n) is 7.39. The molecule has 138 valence electrons. The Morgan fingerprint density at radius 1 is 1.44 bits per heavy atom. The highest BCUT2D eigenvalue weighted by molar-refractivity contribution is 8.01. The minimum Gasteiger partial charge on any atom is -0.381 e. The molecule has 3 aliphatic rings. The second kappa shape index (κ2) is 7.29. The Hall–Kier alpha value is -1.05. The Balaban J connectivity index is 1.25. The minimum absolute atomic E-state index is 0.0518. The van der Waals surface area contributed by atoms with Crippen molar-refractivity contribution in [2.45, 2.75) is 43.5 Å². The number of aromatic nitrogens is 1. The van der Waals surface area contributed by atoms with Crippen molar-refractivity contribution in [3.63, 3.8) is 0 Å². The van der Waals surface area contributed by atoms with Gasteiger partial charge < -0.3 is 18.9 Å². The van der Waals surface area contributed by atoms with Gasteiger partial charge in [0.05, 0.1) is 17.0 Å². The fraction of sp³-hybridized carbons (Fsp3) is 0.778. The van der Waals surface area contributed by atoms with Gasteiger partial charge in [0, 0.05) is 45.1 Å². The van der Waals surface area contributed by atoms with Gasteiger partial charge in [0.1, 0.15) is 11.3 Å². The predicted molar refractivity (Wildman–Crippen MR) is 94.9 cm³/mol. The topological polar surface area (TPSA) is 64.8 Å². The van der Waals surface area contributed by atoms with E-state index in [0.717, 1.165) is 57.9 Å². The molecule has 0 N–H and O–H groups in total. The van der Waals surface area contributed by atoms with E-state index in [1.54, 1.807) is 6.20 Å². The zero-order valence-corrected chi connectivity index (χ0v) is 15.6. The summed E-state index contributed by atoms with van der Waals surface area (Å²) in [5.41, 5.74) is 0.618. The fourth-order valence-electron chi connectivity index (χ4n) is 3.97. The molecule has 1 spiro atoms. The number of thioether (sulfide) groups is 1. The molecule has 0 aliphatic carbocycles. The van der Waals surface area contributed by atoms with Crippen molar-refractivity contribution in [1.82, 2.24) is 10.1 Å². The van der Waals surface area contributed by atoms with Gasteiger partial charge in [-0.15, -0.1) is 11.8 Å². The van der Waals surface area contributed by atoms with E-state index >= 15 is 0 Å². The highest BCUT2D eigenvalue weighted by atomic mass is 32.2. The molecule has 0 radical (unpaired) electrons. The molecular formula is C18H26N2O4S. The van der Waals surface area contributed by atoms with Crippen LogP contribution in [-0.4, -0.2) is 65.5 Å². The monoisotopic (exact) mass is 366 g/mol. The van der Waals surface area contributed by atoms with Gasteiger partial charge in [-0.25, -0.2) is 0 Å². The Labute approximate surface area is 152 Å². The van der Waals surface area contributed by atoms with E-state index in [-0.39, 0.29) is 10.7 Å². The van der Waals surface area contributed by atoms with Crippen LogP contribution >= 0.6 is 11.8 Å². The van der Waals surface area contributed by atoms with Gasteiger partial charge in [-0.2, -0.15) is 0 Å². The molecule has 3 fully saturated rings. The van der Waals surface area contributed by atoms with Crippen molar-refractivity contribution < 1.29 is 18.8 Å². The number of aryl methyl sites for hydroxylation is 1. The number of carbonyl (C=O) groups excluding carboxylic acids is 1. The molecule has 25 heavy (non-hydrogen) atoms. The first-order valence-electron chi connectivity index (χ1n) is 9.25. The largest absolute Gasteiger partial charge is 0.381 e.